The maximum Gasteiger partial charge on any atom is 0.280 e. The maximum atomic E-state index is 13.1. The first kappa shape index (κ1) is 27.8. The fourth-order valence-corrected chi connectivity index (χ4v) is 4.83. The van der Waals surface area contributed by atoms with E-state index in [2.05, 4.69) is 10.4 Å². The van der Waals surface area contributed by atoms with Crippen LogP contribution in [0.4, 0.5) is 11.4 Å². The van der Waals surface area contributed by atoms with Gasteiger partial charge in [0, 0.05) is 17.3 Å². The third kappa shape index (κ3) is 5.92. The van der Waals surface area contributed by atoms with Crippen molar-refractivity contribution in [1.82, 2.24) is 0 Å². The number of rotatable bonds is 7. The molecule has 2 amide bonds. The lowest BCUT2D eigenvalue weighted by Gasteiger charge is -2.12. The molecule has 4 aromatic rings. The van der Waals surface area contributed by atoms with Gasteiger partial charge in [0.25, 0.3) is 11.8 Å². The van der Waals surface area contributed by atoms with Crippen LogP contribution in [-0.4, -0.2) is 33.1 Å². The van der Waals surface area contributed by atoms with Crippen LogP contribution in [0.5, 0.6) is 5.75 Å². The van der Waals surface area contributed by atoms with Gasteiger partial charge in [0.05, 0.1) is 39.6 Å². The Labute approximate surface area is 240 Å². The van der Waals surface area contributed by atoms with Crippen molar-refractivity contribution in [3.63, 3.8) is 0 Å². The van der Waals surface area contributed by atoms with E-state index in [1.165, 1.54) is 29.3 Å². The molecule has 208 valence electrons. The summed E-state index contributed by atoms with van der Waals surface area (Å²) in [6, 6.07) is 20.8. The van der Waals surface area contributed by atoms with E-state index in [0.29, 0.717) is 45.5 Å². The molecule has 0 saturated heterocycles. The van der Waals surface area contributed by atoms with Gasteiger partial charge in [0.1, 0.15) is 17.3 Å². The highest BCUT2D eigenvalue weighted by molar-refractivity contribution is 7.89. The average molecular weight is 591 g/mol. The second kappa shape index (κ2) is 11.0. The van der Waals surface area contributed by atoms with Crippen LogP contribution in [-0.2, 0) is 14.8 Å². The van der Waals surface area contributed by atoms with E-state index in [1.807, 2.05) is 0 Å². The summed E-state index contributed by atoms with van der Waals surface area (Å²) in [4.78, 5) is 26.0. The minimum atomic E-state index is -3.86. The summed E-state index contributed by atoms with van der Waals surface area (Å²) in [6.07, 6.45) is 1.57. The Morgan fingerprint density at radius 2 is 1.83 bits per heavy atom. The number of halogens is 1. The van der Waals surface area contributed by atoms with Crippen LogP contribution in [0, 0.1) is 0 Å². The summed E-state index contributed by atoms with van der Waals surface area (Å²) >= 11 is 6.33. The molecule has 0 saturated carbocycles. The molecule has 0 spiro atoms. The standard InChI is InChI=1S/C29H23ClN4O6S/c1-17-24(29(36)34(33-17)20-7-10-23(11-8-20)41(31,37)38)16-22-9-13-27(40-22)18-6-12-26(30)25(14-18)28(35)32-19-4-3-5-21(15-19)39-2/h3-16H,1-2H3,(H,32,35)(H2,31,37,38). The zero-order chi connectivity index (χ0) is 29.3. The Balaban J connectivity index is 1.36. The van der Waals surface area contributed by atoms with Gasteiger partial charge in [-0.2, -0.15) is 10.1 Å². The molecule has 5 rings (SSSR count). The summed E-state index contributed by atoms with van der Waals surface area (Å²) in [5.74, 6) is 0.636. The van der Waals surface area contributed by atoms with E-state index in [0.717, 1.165) is 0 Å². The molecule has 12 heteroatoms. The number of hydrogen-bond donors (Lipinski definition) is 2. The third-order valence-corrected chi connectivity index (χ3v) is 7.47. The lowest BCUT2D eigenvalue weighted by molar-refractivity contribution is -0.114. The van der Waals surface area contributed by atoms with Gasteiger partial charge < -0.3 is 14.5 Å². The molecule has 1 aliphatic rings. The van der Waals surface area contributed by atoms with Crippen molar-refractivity contribution >= 4 is 56.6 Å². The van der Waals surface area contributed by atoms with Crippen LogP contribution in [0.25, 0.3) is 17.4 Å². The molecular formula is C29H23ClN4O6S. The fourth-order valence-electron chi connectivity index (χ4n) is 4.12. The molecule has 41 heavy (non-hydrogen) atoms. The number of benzene rings is 3. The highest BCUT2D eigenvalue weighted by Gasteiger charge is 2.29. The first-order chi connectivity index (χ1) is 19.5. The molecule has 0 atom stereocenters. The lowest BCUT2D eigenvalue weighted by atomic mass is 10.1. The van der Waals surface area contributed by atoms with E-state index < -0.39 is 21.8 Å². The number of hydrazone groups is 1. The van der Waals surface area contributed by atoms with Gasteiger partial charge in [-0.05, 0) is 79.7 Å². The number of nitrogens with one attached hydrogen (secondary N) is 1. The lowest BCUT2D eigenvalue weighted by Crippen LogP contribution is -2.21. The average Bonchev–Trinajstić information content (AvgIpc) is 3.53. The van der Waals surface area contributed by atoms with E-state index in [9.17, 15) is 18.0 Å². The van der Waals surface area contributed by atoms with Gasteiger partial charge in [-0.25, -0.2) is 13.6 Å². The van der Waals surface area contributed by atoms with Crippen molar-refractivity contribution in [2.45, 2.75) is 11.8 Å². The van der Waals surface area contributed by atoms with Crippen LogP contribution >= 0.6 is 11.6 Å². The number of primary sulfonamides is 1. The molecule has 0 fully saturated rings. The molecule has 10 nitrogen and oxygen atoms in total. The van der Waals surface area contributed by atoms with Crippen LogP contribution in [0.15, 0.2) is 98.8 Å². The van der Waals surface area contributed by atoms with Crippen LogP contribution in [0.2, 0.25) is 5.02 Å². The Hall–Kier alpha value is -4.71. The minimum absolute atomic E-state index is 0.0735. The molecule has 2 heterocycles. The van der Waals surface area contributed by atoms with E-state index in [4.69, 9.17) is 25.9 Å². The van der Waals surface area contributed by atoms with Crippen molar-refractivity contribution in [2.75, 3.05) is 17.4 Å². The number of anilines is 2. The van der Waals surface area contributed by atoms with Crippen LogP contribution in [0.3, 0.4) is 0 Å². The van der Waals surface area contributed by atoms with E-state index >= 15 is 0 Å². The van der Waals surface area contributed by atoms with Gasteiger partial charge in [0.15, 0.2) is 0 Å². The summed E-state index contributed by atoms with van der Waals surface area (Å²) in [5, 5.41) is 13.7. The summed E-state index contributed by atoms with van der Waals surface area (Å²) in [5.41, 5.74) is 2.54. The van der Waals surface area contributed by atoms with Gasteiger partial charge in [-0.3, -0.25) is 9.59 Å². The first-order valence-corrected chi connectivity index (χ1v) is 14.1. The zero-order valence-corrected chi connectivity index (χ0v) is 23.4. The van der Waals surface area contributed by atoms with Gasteiger partial charge in [0.2, 0.25) is 10.0 Å². The molecular weight excluding hydrogens is 568 g/mol. The Bertz CT molecular complexity index is 1850. The SMILES string of the molecule is COc1cccc(NC(=O)c2cc(-c3ccc(C=C4C(=O)N(c5ccc(S(N)(=O)=O)cc5)N=C4C)o3)ccc2Cl)c1. The van der Waals surface area contributed by atoms with Gasteiger partial charge in [-0.1, -0.05) is 17.7 Å². The molecule has 1 aromatic heterocycles. The fraction of sp³-hybridized carbons (Fsp3) is 0.0690. The number of carbonyl (C=O) groups excluding carboxylic acids is 2. The van der Waals surface area contributed by atoms with Crippen molar-refractivity contribution in [2.24, 2.45) is 10.2 Å². The van der Waals surface area contributed by atoms with Crippen molar-refractivity contribution in [3.05, 3.63) is 101 Å². The number of furan rings is 1. The van der Waals surface area contributed by atoms with Gasteiger partial charge >= 0.3 is 0 Å². The number of carbonyl (C=O) groups is 2. The molecule has 0 unspecified atom stereocenters. The molecule has 1 aliphatic heterocycles. The Kier molecular flexibility index (Phi) is 7.50. The third-order valence-electron chi connectivity index (χ3n) is 6.21. The van der Waals surface area contributed by atoms with Crippen molar-refractivity contribution < 1.29 is 27.2 Å². The first-order valence-electron chi connectivity index (χ1n) is 12.1. The van der Waals surface area contributed by atoms with Crippen LogP contribution < -0.4 is 20.2 Å². The molecule has 3 aromatic carbocycles. The summed E-state index contributed by atoms with van der Waals surface area (Å²) in [6.45, 7) is 1.68. The number of sulfonamides is 1. The van der Waals surface area contributed by atoms with Crippen molar-refractivity contribution in [3.8, 4) is 17.1 Å². The van der Waals surface area contributed by atoms with Crippen LogP contribution in [0.1, 0.15) is 23.0 Å². The smallest absolute Gasteiger partial charge is 0.280 e. The Morgan fingerprint density at radius 3 is 2.54 bits per heavy atom. The number of nitrogens with zero attached hydrogens (tertiary/aromatic N) is 2. The number of ether oxygens (including phenoxy) is 1. The molecule has 0 radical (unpaired) electrons. The number of hydrogen-bond acceptors (Lipinski definition) is 7. The monoisotopic (exact) mass is 590 g/mol. The highest BCUT2D eigenvalue weighted by Crippen LogP contribution is 2.30. The topological polar surface area (TPSA) is 144 Å². The van der Waals surface area contributed by atoms with E-state index in [1.54, 1.807) is 74.7 Å². The highest BCUT2D eigenvalue weighted by atomic mass is 35.5. The van der Waals surface area contributed by atoms with Gasteiger partial charge in [-0.15, -0.1) is 0 Å². The number of amides is 2. The summed E-state index contributed by atoms with van der Waals surface area (Å²) in [7, 11) is -2.32. The predicted octanol–water partition coefficient (Wildman–Crippen LogP) is 5.31. The van der Waals surface area contributed by atoms with Crippen molar-refractivity contribution in [1.29, 1.82) is 0 Å². The second-order valence-electron chi connectivity index (χ2n) is 8.98. The predicted molar refractivity (Wildman–Crippen MR) is 156 cm³/mol. The Morgan fingerprint density at radius 1 is 1.07 bits per heavy atom. The normalized spacial score (nSPS) is 14.3. The molecule has 3 N–H and O–H groups in total. The zero-order valence-electron chi connectivity index (χ0n) is 21.8. The number of methoxy groups -OCH3 is 1. The number of nitrogens with two attached hydrogens (primary N) is 1. The second-order valence-corrected chi connectivity index (χ2v) is 11.0. The summed E-state index contributed by atoms with van der Waals surface area (Å²) < 4.78 is 34.2. The molecule has 0 bridgehead atoms. The minimum Gasteiger partial charge on any atom is -0.497 e. The van der Waals surface area contributed by atoms with E-state index in [-0.39, 0.29) is 15.5 Å². The molecule has 0 aliphatic carbocycles. The maximum absolute atomic E-state index is 13.1. The largest absolute Gasteiger partial charge is 0.497 e. The quantitative estimate of drug-likeness (QED) is 0.279.